The van der Waals surface area contributed by atoms with Crippen molar-refractivity contribution in [2.24, 2.45) is 5.73 Å². The second-order valence-electron chi connectivity index (χ2n) is 2.65. The van der Waals surface area contributed by atoms with Crippen LogP contribution >= 0.6 is 0 Å². The van der Waals surface area contributed by atoms with Gasteiger partial charge in [0.25, 0.3) is 0 Å². The Labute approximate surface area is 70.0 Å². The molecule has 0 atom stereocenters. The highest BCUT2D eigenvalue weighted by atomic mass is 15.3. The Bertz CT molecular complexity index is 404. The topological polar surface area (TPSA) is 56.2 Å². The Hall–Kier alpha value is -1.42. The molecule has 0 aliphatic rings. The Balaban J connectivity index is 2.78. The van der Waals surface area contributed by atoms with Gasteiger partial charge in [-0.25, -0.2) is 9.50 Å². The van der Waals surface area contributed by atoms with Crippen molar-refractivity contribution in [3.63, 3.8) is 0 Å². The highest BCUT2D eigenvalue weighted by Gasteiger charge is 2.01. The average Bonchev–Trinajstić information content (AvgIpc) is 2.44. The smallest absolute Gasteiger partial charge is 0.155 e. The molecule has 4 nitrogen and oxygen atoms in total. The lowest BCUT2D eigenvalue weighted by Gasteiger charge is -1.97. The SMILES string of the molecule is Cc1nc2cccc(CN)n2n1. The van der Waals surface area contributed by atoms with Crippen LogP contribution in [0.4, 0.5) is 0 Å². The van der Waals surface area contributed by atoms with Crippen molar-refractivity contribution in [2.45, 2.75) is 13.5 Å². The molecule has 0 aliphatic carbocycles. The van der Waals surface area contributed by atoms with E-state index >= 15 is 0 Å². The maximum atomic E-state index is 5.54. The van der Waals surface area contributed by atoms with Crippen molar-refractivity contribution >= 4 is 5.65 Å². The molecule has 62 valence electrons. The molecule has 0 aliphatic heterocycles. The molecular weight excluding hydrogens is 152 g/mol. The molecule has 0 saturated heterocycles. The second-order valence-corrected chi connectivity index (χ2v) is 2.65. The summed E-state index contributed by atoms with van der Waals surface area (Å²) >= 11 is 0. The van der Waals surface area contributed by atoms with Gasteiger partial charge in [0, 0.05) is 6.54 Å². The minimum atomic E-state index is 0.486. The molecule has 0 saturated carbocycles. The van der Waals surface area contributed by atoms with Crippen LogP contribution in [0.25, 0.3) is 5.65 Å². The third kappa shape index (κ3) is 0.967. The van der Waals surface area contributed by atoms with Gasteiger partial charge in [-0.15, -0.1) is 0 Å². The summed E-state index contributed by atoms with van der Waals surface area (Å²) in [6, 6.07) is 5.80. The molecule has 12 heavy (non-hydrogen) atoms. The number of hydrogen-bond acceptors (Lipinski definition) is 3. The van der Waals surface area contributed by atoms with E-state index in [-0.39, 0.29) is 0 Å². The first-order valence-electron chi connectivity index (χ1n) is 3.82. The van der Waals surface area contributed by atoms with Crippen LogP contribution < -0.4 is 5.73 Å². The first kappa shape index (κ1) is 7.24. The van der Waals surface area contributed by atoms with Crippen molar-refractivity contribution in [1.82, 2.24) is 14.6 Å². The Morgan fingerprint density at radius 1 is 1.50 bits per heavy atom. The molecule has 2 rings (SSSR count). The fraction of sp³-hybridized carbons (Fsp3) is 0.250. The van der Waals surface area contributed by atoms with Crippen LogP contribution in [0.15, 0.2) is 18.2 Å². The zero-order valence-electron chi connectivity index (χ0n) is 6.86. The molecule has 0 fully saturated rings. The van der Waals surface area contributed by atoms with Crippen LogP contribution in [-0.4, -0.2) is 14.6 Å². The van der Waals surface area contributed by atoms with E-state index < -0.39 is 0 Å². The van der Waals surface area contributed by atoms with Gasteiger partial charge in [-0.1, -0.05) is 6.07 Å². The summed E-state index contributed by atoms with van der Waals surface area (Å²) in [7, 11) is 0. The predicted octanol–water partition coefficient (Wildman–Crippen LogP) is 0.496. The van der Waals surface area contributed by atoms with Crippen LogP contribution in [0.1, 0.15) is 11.5 Å². The molecule has 0 bridgehead atoms. The van der Waals surface area contributed by atoms with Gasteiger partial charge < -0.3 is 5.73 Å². The van der Waals surface area contributed by atoms with Gasteiger partial charge in [0.2, 0.25) is 0 Å². The molecule has 2 aromatic rings. The minimum Gasteiger partial charge on any atom is -0.325 e. The van der Waals surface area contributed by atoms with Gasteiger partial charge in [-0.2, -0.15) is 5.10 Å². The molecule has 2 aromatic heterocycles. The summed E-state index contributed by atoms with van der Waals surface area (Å²) < 4.78 is 1.77. The number of nitrogens with two attached hydrogens (primary N) is 1. The Morgan fingerprint density at radius 2 is 2.33 bits per heavy atom. The standard InChI is InChI=1S/C8H10N4/c1-6-10-8-4-2-3-7(5-9)12(8)11-6/h2-4H,5,9H2,1H3. The van der Waals surface area contributed by atoms with Gasteiger partial charge in [-0.05, 0) is 19.1 Å². The van der Waals surface area contributed by atoms with Gasteiger partial charge in [0.05, 0.1) is 5.69 Å². The zero-order chi connectivity index (χ0) is 8.55. The van der Waals surface area contributed by atoms with Gasteiger partial charge in [-0.3, -0.25) is 0 Å². The molecule has 2 heterocycles. The molecule has 4 heteroatoms. The van der Waals surface area contributed by atoms with Crippen LogP contribution in [0.5, 0.6) is 0 Å². The molecule has 0 aromatic carbocycles. The van der Waals surface area contributed by atoms with E-state index in [4.69, 9.17) is 5.73 Å². The van der Waals surface area contributed by atoms with E-state index in [0.717, 1.165) is 17.2 Å². The van der Waals surface area contributed by atoms with Crippen LogP contribution in [0.3, 0.4) is 0 Å². The zero-order valence-corrected chi connectivity index (χ0v) is 6.86. The number of nitrogens with zero attached hydrogens (tertiary/aromatic N) is 3. The lowest BCUT2D eigenvalue weighted by molar-refractivity contribution is 0.837. The fourth-order valence-corrected chi connectivity index (χ4v) is 1.22. The number of fused-ring (bicyclic) bond motifs is 1. The van der Waals surface area contributed by atoms with Crippen molar-refractivity contribution in [3.05, 3.63) is 29.7 Å². The highest BCUT2D eigenvalue weighted by Crippen LogP contribution is 2.04. The van der Waals surface area contributed by atoms with Gasteiger partial charge >= 0.3 is 0 Å². The Kier molecular flexibility index (Phi) is 1.55. The normalized spacial score (nSPS) is 10.8. The van der Waals surface area contributed by atoms with Crippen molar-refractivity contribution in [1.29, 1.82) is 0 Å². The van der Waals surface area contributed by atoms with Crippen LogP contribution in [-0.2, 0) is 6.54 Å². The van der Waals surface area contributed by atoms with Crippen molar-refractivity contribution in [2.75, 3.05) is 0 Å². The number of pyridine rings is 1. The average molecular weight is 162 g/mol. The highest BCUT2D eigenvalue weighted by molar-refractivity contribution is 5.38. The number of hydrogen-bond donors (Lipinski definition) is 1. The molecular formula is C8H10N4. The lowest BCUT2D eigenvalue weighted by Crippen LogP contribution is -2.04. The first-order valence-corrected chi connectivity index (χ1v) is 3.82. The summed E-state index contributed by atoms with van der Waals surface area (Å²) in [5.41, 5.74) is 7.37. The van der Waals surface area contributed by atoms with Crippen LogP contribution in [0, 0.1) is 6.92 Å². The van der Waals surface area contributed by atoms with Gasteiger partial charge in [0.1, 0.15) is 5.82 Å². The second kappa shape index (κ2) is 2.57. The van der Waals surface area contributed by atoms with Crippen molar-refractivity contribution in [3.8, 4) is 0 Å². The van der Waals surface area contributed by atoms with Crippen molar-refractivity contribution < 1.29 is 0 Å². The number of rotatable bonds is 1. The summed E-state index contributed by atoms with van der Waals surface area (Å²) in [5.74, 6) is 0.774. The maximum Gasteiger partial charge on any atom is 0.155 e. The fourth-order valence-electron chi connectivity index (χ4n) is 1.22. The molecule has 0 amide bonds. The predicted molar refractivity (Wildman–Crippen MR) is 45.6 cm³/mol. The number of aryl methyl sites for hydroxylation is 1. The van der Waals surface area contributed by atoms with E-state index in [1.807, 2.05) is 25.1 Å². The summed E-state index contributed by atoms with van der Waals surface area (Å²) in [6.45, 7) is 2.35. The first-order chi connectivity index (χ1) is 5.81. The monoisotopic (exact) mass is 162 g/mol. The Morgan fingerprint density at radius 3 is 3.08 bits per heavy atom. The molecule has 2 N–H and O–H groups in total. The maximum absolute atomic E-state index is 5.54. The molecule has 0 spiro atoms. The summed E-state index contributed by atoms with van der Waals surface area (Å²) in [6.07, 6.45) is 0. The third-order valence-corrected chi connectivity index (χ3v) is 1.75. The van der Waals surface area contributed by atoms with Crippen LogP contribution in [0.2, 0.25) is 0 Å². The van der Waals surface area contributed by atoms with E-state index in [1.165, 1.54) is 0 Å². The molecule has 0 unspecified atom stereocenters. The largest absolute Gasteiger partial charge is 0.325 e. The van der Waals surface area contributed by atoms with Gasteiger partial charge in [0.15, 0.2) is 5.65 Å². The molecule has 0 radical (unpaired) electrons. The van der Waals surface area contributed by atoms with E-state index in [1.54, 1.807) is 4.52 Å². The minimum absolute atomic E-state index is 0.486. The lowest BCUT2D eigenvalue weighted by atomic mass is 10.3. The van der Waals surface area contributed by atoms with E-state index in [9.17, 15) is 0 Å². The number of aromatic nitrogens is 3. The van der Waals surface area contributed by atoms with E-state index in [0.29, 0.717) is 6.54 Å². The quantitative estimate of drug-likeness (QED) is 0.664. The third-order valence-electron chi connectivity index (χ3n) is 1.75. The summed E-state index contributed by atoms with van der Waals surface area (Å²) in [4.78, 5) is 4.22. The van der Waals surface area contributed by atoms with E-state index in [2.05, 4.69) is 10.1 Å². The summed E-state index contributed by atoms with van der Waals surface area (Å²) in [5, 5.41) is 4.21.